The molecule has 1 aliphatic rings. The van der Waals surface area contributed by atoms with Crippen molar-refractivity contribution in [2.75, 3.05) is 38.5 Å². The minimum Gasteiger partial charge on any atom is -0.316 e. The van der Waals surface area contributed by atoms with E-state index in [2.05, 4.69) is 49.7 Å². The van der Waals surface area contributed by atoms with E-state index in [0.717, 1.165) is 18.3 Å². The highest BCUT2D eigenvalue weighted by Gasteiger charge is 2.27. The number of hydrogen-bond acceptors (Lipinski definition) is 3. The molecule has 0 aliphatic carbocycles. The zero-order valence-electron chi connectivity index (χ0n) is 12.8. The van der Waals surface area contributed by atoms with Crippen LogP contribution in [0.25, 0.3) is 0 Å². The summed E-state index contributed by atoms with van der Waals surface area (Å²) in [6, 6.07) is 0. The molecule has 2 atom stereocenters. The van der Waals surface area contributed by atoms with Gasteiger partial charge in [0.1, 0.15) is 0 Å². The van der Waals surface area contributed by atoms with Crippen molar-refractivity contribution >= 4 is 11.8 Å². The average Bonchev–Trinajstić information content (AvgIpc) is 2.39. The Labute approximate surface area is 118 Å². The number of rotatable bonds is 8. The van der Waals surface area contributed by atoms with Gasteiger partial charge in [-0.2, -0.15) is 11.8 Å². The lowest BCUT2D eigenvalue weighted by atomic mass is 9.86. The standard InChI is InChI=1S/C15H32N2S/c1-5-8-16-12-15(4,7-3)13-17-9-10-18-14(6-2)11-17/h14,16H,5-13H2,1-4H3. The van der Waals surface area contributed by atoms with Crippen LogP contribution in [0.3, 0.4) is 0 Å². The van der Waals surface area contributed by atoms with Crippen molar-refractivity contribution in [3.8, 4) is 0 Å². The van der Waals surface area contributed by atoms with Gasteiger partial charge in [0, 0.05) is 37.2 Å². The van der Waals surface area contributed by atoms with Crippen LogP contribution in [0.1, 0.15) is 47.0 Å². The van der Waals surface area contributed by atoms with Gasteiger partial charge in [-0.15, -0.1) is 0 Å². The number of nitrogens with zero attached hydrogens (tertiary/aromatic N) is 1. The number of nitrogens with one attached hydrogen (secondary N) is 1. The van der Waals surface area contributed by atoms with Crippen LogP contribution >= 0.6 is 11.8 Å². The van der Waals surface area contributed by atoms with E-state index in [0.29, 0.717) is 5.41 Å². The molecule has 1 rings (SSSR count). The molecule has 1 saturated heterocycles. The van der Waals surface area contributed by atoms with Gasteiger partial charge in [-0.05, 0) is 31.2 Å². The monoisotopic (exact) mass is 272 g/mol. The molecule has 2 unspecified atom stereocenters. The van der Waals surface area contributed by atoms with Crippen LogP contribution in [0, 0.1) is 5.41 Å². The quantitative estimate of drug-likeness (QED) is 0.683. The molecule has 18 heavy (non-hydrogen) atoms. The number of thioether (sulfide) groups is 1. The second-order valence-electron chi connectivity index (χ2n) is 5.98. The second-order valence-corrected chi connectivity index (χ2v) is 7.39. The van der Waals surface area contributed by atoms with Gasteiger partial charge in [-0.3, -0.25) is 0 Å². The minimum atomic E-state index is 0.440. The molecule has 108 valence electrons. The summed E-state index contributed by atoms with van der Waals surface area (Å²) >= 11 is 2.16. The predicted octanol–water partition coefficient (Wildman–Crippen LogP) is 3.23. The molecule has 0 bridgehead atoms. The zero-order chi connectivity index (χ0) is 13.4. The van der Waals surface area contributed by atoms with Gasteiger partial charge in [0.05, 0.1) is 0 Å². The van der Waals surface area contributed by atoms with E-state index < -0.39 is 0 Å². The van der Waals surface area contributed by atoms with E-state index in [4.69, 9.17) is 0 Å². The van der Waals surface area contributed by atoms with E-state index >= 15 is 0 Å². The molecule has 0 aromatic carbocycles. The molecule has 1 aliphatic heterocycles. The third-order valence-electron chi connectivity index (χ3n) is 4.12. The average molecular weight is 273 g/mol. The Bertz CT molecular complexity index is 223. The van der Waals surface area contributed by atoms with Gasteiger partial charge in [0.25, 0.3) is 0 Å². The molecule has 0 radical (unpaired) electrons. The van der Waals surface area contributed by atoms with Crippen molar-refractivity contribution in [3.63, 3.8) is 0 Å². The smallest absolute Gasteiger partial charge is 0.0172 e. The maximum absolute atomic E-state index is 3.61. The predicted molar refractivity (Wildman–Crippen MR) is 84.5 cm³/mol. The summed E-state index contributed by atoms with van der Waals surface area (Å²) in [5.41, 5.74) is 0.440. The minimum absolute atomic E-state index is 0.440. The molecule has 1 heterocycles. The van der Waals surface area contributed by atoms with Crippen molar-refractivity contribution in [1.82, 2.24) is 10.2 Å². The third-order valence-corrected chi connectivity index (χ3v) is 5.49. The fraction of sp³-hybridized carbons (Fsp3) is 1.00. The summed E-state index contributed by atoms with van der Waals surface area (Å²) in [7, 11) is 0. The van der Waals surface area contributed by atoms with Crippen LogP contribution in [-0.2, 0) is 0 Å². The lowest BCUT2D eigenvalue weighted by Gasteiger charge is -2.39. The van der Waals surface area contributed by atoms with Crippen LogP contribution in [0.15, 0.2) is 0 Å². The largest absolute Gasteiger partial charge is 0.316 e. The Kier molecular flexibility index (Phi) is 7.66. The Morgan fingerprint density at radius 2 is 2.11 bits per heavy atom. The van der Waals surface area contributed by atoms with Crippen LogP contribution in [-0.4, -0.2) is 48.6 Å². The molecule has 0 spiro atoms. The SMILES string of the molecule is CCCNCC(C)(CC)CN1CCSC(CC)C1. The first-order valence-electron chi connectivity index (χ1n) is 7.68. The van der Waals surface area contributed by atoms with Gasteiger partial charge in [-0.1, -0.05) is 27.7 Å². The molecule has 0 aromatic heterocycles. The molecule has 1 N–H and O–H groups in total. The first-order valence-corrected chi connectivity index (χ1v) is 8.73. The summed E-state index contributed by atoms with van der Waals surface area (Å²) in [5, 5.41) is 4.47. The summed E-state index contributed by atoms with van der Waals surface area (Å²) in [4.78, 5) is 2.70. The van der Waals surface area contributed by atoms with E-state index in [1.54, 1.807) is 0 Å². The van der Waals surface area contributed by atoms with Crippen molar-refractivity contribution < 1.29 is 0 Å². The second kappa shape index (κ2) is 8.44. The Balaban J connectivity index is 2.40. The number of hydrogen-bond donors (Lipinski definition) is 1. The van der Waals surface area contributed by atoms with E-state index in [1.807, 2.05) is 0 Å². The van der Waals surface area contributed by atoms with E-state index in [-0.39, 0.29) is 0 Å². The highest BCUT2D eigenvalue weighted by molar-refractivity contribution is 8.00. The highest BCUT2D eigenvalue weighted by Crippen LogP contribution is 2.26. The van der Waals surface area contributed by atoms with Crippen LogP contribution in [0.4, 0.5) is 0 Å². The lowest BCUT2D eigenvalue weighted by molar-refractivity contribution is 0.158. The van der Waals surface area contributed by atoms with Gasteiger partial charge < -0.3 is 10.2 Å². The highest BCUT2D eigenvalue weighted by atomic mass is 32.2. The normalized spacial score (nSPS) is 25.0. The van der Waals surface area contributed by atoms with Gasteiger partial charge in [0.2, 0.25) is 0 Å². The van der Waals surface area contributed by atoms with Crippen molar-refractivity contribution in [3.05, 3.63) is 0 Å². The molecule has 0 aromatic rings. The molecule has 2 nitrogen and oxygen atoms in total. The summed E-state index contributed by atoms with van der Waals surface area (Å²) in [6.07, 6.45) is 3.82. The Morgan fingerprint density at radius 3 is 2.72 bits per heavy atom. The molecule has 3 heteroatoms. The molecular weight excluding hydrogens is 240 g/mol. The summed E-state index contributed by atoms with van der Waals surface area (Å²) in [6.45, 7) is 15.5. The van der Waals surface area contributed by atoms with Crippen LogP contribution in [0.2, 0.25) is 0 Å². The zero-order valence-corrected chi connectivity index (χ0v) is 13.6. The molecule has 1 fully saturated rings. The first kappa shape index (κ1) is 16.3. The Hall–Kier alpha value is 0.270. The molecule has 0 saturated carbocycles. The van der Waals surface area contributed by atoms with Gasteiger partial charge in [-0.25, -0.2) is 0 Å². The maximum Gasteiger partial charge on any atom is 0.0172 e. The fourth-order valence-electron chi connectivity index (χ4n) is 2.57. The van der Waals surface area contributed by atoms with Gasteiger partial charge in [0.15, 0.2) is 0 Å². The first-order chi connectivity index (χ1) is 8.63. The molecule has 0 amide bonds. The maximum atomic E-state index is 3.61. The third kappa shape index (κ3) is 5.50. The summed E-state index contributed by atoms with van der Waals surface area (Å²) < 4.78 is 0. The van der Waals surface area contributed by atoms with E-state index in [1.165, 1.54) is 44.6 Å². The van der Waals surface area contributed by atoms with Crippen LogP contribution < -0.4 is 5.32 Å². The van der Waals surface area contributed by atoms with Crippen molar-refractivity contribution in [2.45, 2.75) is 52.2 Å². The van der Waals surface area contributed by atoms with Crippen molar-refractivity contribution in [2.24, 2.45) is 5.41 Å². The topological polar surface area (TPSA) is 15.3 Å². The van der Waals surface area contributed by atoms with Gasteiger partial charge >= 0.3 is 0 Å². The van der Waals surface area contributed by atoms with Crippen molar-refractivity contribution in [1.29, 1.82) is 0 Å². The summed E-state index contributed by atoms with van der Waals surface area (Å²) in [5.74, 6) is 1.32. The Morgan fingerprint density at radius 1 is 1.33 bits per heavy atom. The van der Waals surface area contributed by atoms with E-state index in [9.17, 15) is 0 Å². The lowest BCUT2D eigenvalue weighted by Crippen LogP contribution is -2.46. The van der Waals surface area contributed by atoms with Crippen LogP contribution in [0.5, 0.6) is 0 Å². The fourth-order valence-corrected chi connectivity index (χ4v) is 3.82. The molecular formula is C15H32N2S.